The van der Waals surface area contributed by atoms with E-state index in [2.05, 4.69) is 6.58 Å². The van der Waals surface area contributed by atoms with Gasteiger partial charge >= 0.3 is 0 Å². The third-order valence-electron chi connectivity index (χ3n) is 3.29. The first-order valence-electron chi connectivity index (χ1n) is 4.60. The van der Waals surface area contributed by atoms with E-state index in [1.54, 1.807) is 0 Å². The van der Waals surface area contributed by atoms with Crippen LogP contribution in [0, 0.1) is 5.41 Å². The highest BCUT2D eigenvalue weighted by molar-refractivity contribution is 5.94. The van der Waals surface area contributed by atoms with Crippen molar-refractivity contribution < 1.29 is 15.0 Å². The fourth-order valence-electron chi connectivity index (χ4n) is 2.13. The van der Waals surface area contributed by atoms with Crippen molar-refractivity contribution in [1.82, 2.24) is 0 Å². The smallest absolute Gasteiger partial charge is 0.194 e. The predicted molar refractivity (Wildman–Crippen MR) is 49.2 cm³/mol. The number of aliphatic hydroxyl groups is 2. The molecule has 0 saturated heterocycles. The van der Waals surface area contributed by atoms with Crippen LogP contribution in [0.2, 0.25) is 0 Å². The number of aliphatic hydroxyl groups excluding tert-OH is 2. The molecule has 0 aromatic rings. The molecule has 1 rings (SSSR count). The van der Waals surface area contributed by atoms with Gasteiger partial charge in [-0.15, -0.1) is 0 Å². The van der Waals surface area contributed by atoms with Gasteiger partial charge in [-0.05, 0) is 18.4 Å². The van der Waals surface area contributed by atoms with Crippen molar-refractivity contribution in [2.75, 3.05) is 0 Å². The zero-order chi connectivity index (χ0) is 10.2. The minimum absolute atomic E-state index is 0.468. The van der Waals surface area contributed by atoms with E-state index in [0.717, 1.165) is 0 Å². The lowest BCUT2D eigenvalue weighted by Gasteiger charge is -2.30. The molecule has 1 saturated carbocycles. The van der Waals surface area contributed by atoms with Gasteiger partial charge in [0.2, 0.25) is 0 Å². The number of ketones is 1. The van der Waals surface area contributed by atoms with Gasteiger partial charge in [0.1, 0.15) is 12.2 Å². The maximum absolute atomic E-state index is 11.3. The van der Waals surface area contributed by atoms with E-state index in [1.807, 2.05) is 13.8 Å². The number of hydrogen-bond donors (Lipinski definition) is 2. The Morgan fingerprint density at radius 1 is 1.38 bits per heavy atom. The molecule has 0 aromatic carbocycles. The van der Waals surface area contributed by atoms with Gasteiger partial charge in [-0.1, -0.05) is 20.4 Å². The Morgan fingerprint density at radius 2 is 1.85 bits per heavy atom. The lowest BCUT2D eigenvalue weighted by molar-refractivity contribution is -0.133. The summed E-state index contributed by atoms with van der Waals surface area (Å²) in [6.45, 7) is 7.48. The van der Waals surface area contributed by atoms with E-state index in [9.17, 15) is 15.0 Å². The number of Topliss-reactive ketones (excluding diaryl/α,β-unsaturated/α-hetero) is 1. The van der Waals surface area contributed by atoms with Crippen molar-refractivity contribution in [3.63, 3.8) is 0 Å². The summed E-state index contributed by atoms with van der Waals surface area (Å²) < 4.78 is 0. The van der Waals surface area contributed by atoms with Gasteiger partial charge in [-0.2, -0.15) is 0 Å². The van der Waals surface area contributed by atoms with Gasteiger partial charge in [-0.3, -0.25) is 4.79 Å². The second-order valence-corrected chi connectivity index (χ2v) is 3.60. The Morgan fingerprint density at radius 3 is 2.00 bits per heavy atom. The molecule has 0 aromatic heterocycles. The predicted octanol–water partition coefficient (Wildman–Crippen LogP) is 0.653. The van der Waals surface area contributed by atoms with Crippen LogP contribution in [0.3, 0.4) is 0 Å². The molecule has 1 fully saturated rings. The molecule has 0 bridgehead atoms. The molecule has 3 nitrogen and oxygen atoms in total. The Kier molecular flexibility index (Phi) is 2.59. The lowest BCUT2D eigenvalue weighted by atomic mass is 9.76. The van der Waals surface area contributed by atoms with E-state index in [1.165, 1.54) is 0 Å². The molecule has 2 unspecified atom stereocenters. The first-order chi connectivity index (χ1) is 6.01. The second-order valence-electron chi connectivity index (χ2n) is 3.60. The van der Waals surface area contributed by atoms with Crippen molar-refractivity contribution in [2.45, 2.75) is 38.9 Å². The first kappa shape index (κ1) is 10.4. The normalized spacial score (nSPS) is 32.6. The lowest BCUT2D eigenvalue weighted by Crippen LogP contribution is -2.33. The van der Waals surface area contributed by atoms with Gasteiger partial charge in [0.25, 0.3) is 0 Å². The molecule has 0 aliphatic heterocycles. The minimum atomic E-state index is -1.17. The molecule has 2 N–H and O–H groups in total. The number of carbonyl (C=O) groups excluding carboxylic acids is 1. The largest absolute Gasteiger partial charge is 0.384 e. The summed E-state index contributed by atoms with van der Waals surface area (Å²) >= 11 is 0. The highest BCUT2D eigenvalue weighted by Gasteiger charge is 2.52. The van der Waals surface area contributed by atoms with Crippen LogP contribution in [-0.2, 0) is 4.79 Å². The van der Waals surface area contributed by atoms with Crippen LogP contribution in [0.5, 0.6) is 0 Å². The highest BCUT2D eigenvalue weighted by Crippen LogP contribution is 2.45. The summed E-state index contributed by atoms with van der Waals surface area (Å²) in [4.78, 5) is 11.3. The average Bonchev–Trinajstić information content (AvgIpc) is 2.31. The molecule has 0 heterocycles. The molecule has 1 aliphatic rings. The molecule has 2 atom stereocenters. The van der Waals surface area contributed by atoms with Crippen LogP contribution in [0.4, 0.5) is 0 Å². The van der Waals surface area contributed by atoms with Gasteiger partial charge in [0.05, 0.1) is 0 Å². The van der Waals surface area contributed by atoms with Crippen LogP contribution in [-0.4, -0.2) is 28.2 Å². The summed E-state index contributed by atoms with van der Waals surface area (Å²) in [6, 6.07) is 0. The van der Waals surface area contributed by atoms with Gasteiger partial charge in [0, 0.05) is 5.41 Å². The summed E-state index contributed by atoms with van der Waals surface area (Å²) in [5.74, 6) is -0.506. The van der Waals surface area contributed by atoms with E-state index in [4.69, 9.17) is 0 Å². The standard InChI is InChI=1S/C10H16O3/c1-4-10(5-2)6(3)7(11)8(12)9(10)13/h7,9,11,13H,3-5H2,1-2H3. The van der Waals surface area contributed by atoms with Crippen molar-refractivity contribution in [2.24, 2.45) is 5.41 Å². The quantitative estimate of drug-likeness (QED) is 0.620. The van der Waals surface area contributed by atoms with E-state index in [0.29, 0.717) is 18.4 Å². The maximum Gasteiger partial charge on any atom is 0.194 e. The van der Waals surface area contributed by atoms with Crippen molar-refractivity contribution in [3.05, 3.63) is 12.2 Å². The number of carbonyl (C=O) groups is 1. The third-order valence-corrected chi connectivity index (χ3v) is 3.29. The van der Waals surface area contributed by atoms with Crippen LogP contribution in [0.25, 0.3) is 0 Å². The topological polar surface area (TPSA) is 57.5 Å². The molecule has 0 radical (unpaired) electrons. The highest BCUT2D eigenvalue weighted by atomic mass is 16.3. The molecular weight excluding hydrogens is 168 g/mol. The Labute approximate surface area is 78.1 Å². The Bertz CT molecular complexity index is 241. The van der Waals surface area contributed by atoms with Crippen LogP contribution >= 0.6 is 0 Å². The van der Waals surface area contributed by atoms with Crippen LogP contribution < -0.4 is 0 Å². The molecule has 13 heavy (non-hydrogen) atoms. The van der Waals surface area contributed by atoms with E-state index < -0.39 is 23.4 Å². The summed E-state index contributed by atoms with van der Waals surface area (Å²) in [6.07, 6.45) is -0.988. The molecule has 0 amide bonds. The third kappa shape index (κ3) is 1.15. The van der Waals surface area contributed by atoms with E-state index >= 15 is 0 Å². The van der Waals surface area contributed by atoms with E-state index in [-0.39, 0.29) is 0 Å². The maximum atomic E-state index is 11.3. The molecule has 0 spiro atoms. The zero-order valence-electron chi connectivity index (χ0n) is 8.08. The fraction of sp³-hybridized carbons (Fsp3) is 0.700. The summed E-state index contributed by atoms with van der Waals surface area (Å²) in [5.41, 5.74) is -0.133. The first-order valence-corrected chi connectivity index (χ1v) is 4.60. The molecule has 3 heteroatoms. The van der Waals surface area contributed by atoms with Gasteiger partial charge in [-0.25, -0.2) is 0 Å². The molecule has 1 aliphatic carbocycles. The molecule has 74 valence electrons. The second kappa shape index (κ2) is 3.24. The molecular formula is C10H16O3. The van der Waals surface area contributed by atoms with Crippen molar-refractivity contribution >= 4 is 5.78 Å². The SMILES string of the molecule is C=C1C(O)C(=O)C(O)C1(CC)CC. The number of rotatable bonds is 2. The Balaban J connectivity index is 3.11. The van der Waals surface area contributed by atoms with Crippen LogP contribution in [0.15, 0.2) is 12.2 Å². The summed E-state index contributed by atoms with van der Waals surface area (Å²) in [7, 11) is 0. The fourth-order valence-corrected chi connectivity index (χ4v) is 2.13. The number of hydrogen-bond acceptors (Lipinski definition) is 3. The monoisotopic (exact) mass is 184 g/mol. The van der Waals surface area contributed by atoms with Crippen molar-refractivity contribution in [3.8, 4) is 0 Å². The van der Waals surface area contributed by atoms with Gasteiger partial charge < -0.3 is 10.2 Å². The average molecular weight is 184 g/mol. The van der Waals surface area contributed by atoms with Gasteiger partial charge in [0.15, 0.2) is 5.78 Å². The minimum Gasteiger partial charge on any atom is -0.384 e. The van der Waals surface area contributed by atoms with Crippen molar-refractivity contribution in [1.29, 1.82) is 0 Å². The van der Waals surface area contributed by atoms with Crippen LogP contribution in [0.1, 0.15) is 26.7 Å². The Hall–Kier alpha value is -0.670. The summed E-state index contributed by atoms with van der Waals surface area (Å²) in [5, 5.41) is 19.1. The zero-order valence-corrected chi connectivity index (χ0v) is 8.08.